The van der Waals surface area contributed by atoms with Gasteiger partial charge in [-0.05, 0) is 50.2 Å². The number of likely N-dealkylation sites (N-methyl/N-ethyl adjacent to an activating group) is 1. The average molecular weight is 352 g/mol. The van der Waals surface area contributed by atoms with Crippen molar-refractivity contribution in [2.75, 3.05) is 39.6 Å². The zero-order chi connectivity index (χ0) is 18.7. The van der Waals surface area contributed by atoms with Crippen molar-refractivity contribution in [3.63, 3.8) is 0 Å². The topological polar surface area (TPSA) is 30.3 Å². The maximum atomic E-state index is 8.96. The second-order valence-electron chi connectivity index (χ2n) is 8.28. The zero-order valence-electron chi connectivity index (χ0n) is 16.8. The molecule has 0 aliphatic heterocycles. The lowest BCUT2D eigenvalue weighted by Gasteiger charge is -2.26. The van der Waals surface area contributed by atoms with E-state index in [1.807, 2.05) is 0 Å². The van der Waals surface area contributed by atoms with Gasteiger partial charge >= 0.3 is 0 Å². The molecule has 26 heavy (non-hydrogen) atoms. The number of benzene rings is 1. The van der Waals surface area contributed by atoms with E-state index in [2.05, 4.69) is 74.4 Å². The van der Waals surface area contributed by atoms with Crippen LogP contribution in [0.15, 0.2) is 42.0 Å². The van der Waals surface area contributed by atoms with Crippen LogP contribution in [0.5, 0.6) is 0 Å². The first kappa shape index (κ1) is 18.9. The molecular formula is C23H33N3. The van der Waals surface area contributed by atoms with Crippen molar-refractivity contribution in [1.82, 2.24) is 4.90 Å². The van der Waals surface area contributed by atoms with Crippen LogP contribution in [0.25, 0.3) is 0 Å². The van der Waals surface area contributed by atoms with E-state index in [0.717, 1.165) is 17.8 Å². The van der Waals surface area contributed by atoms with E-state index in [0.29, 0.717) is 11.8 Å². The average Bonchev–Trinajstić information content (AvgIpc) is 3.08. The molecule has 1 N–H and O–H groups in total. The van der Waals surface area contributed by atoms with Gasteiger partial charge in [-0.25, -0.2) is 0 Å². The summed E-state index contributed by atoms with van der Waals surface area (Å²) in [5, 5.41) is 8.96. The second kappa shape index (κ2) is 8.22. The molecule has 1 saturated carbocycles. The molecule has 0 bridgehead atoms. The van der Waals surface area contributed by atoms with Gasteiger partial charge in [0.1, 0.15) is 0 Å². The number of allylic oxidation sites excluding steroid dienone is 2. The molecule has 3 nitrogen and oxygen atoms in total. The molecule has 0 spiro atoms. The van der Waals surface area contributed by atoms with Crippen molar-refractivity contribution in [1.29, 1.82) is 5.41 Å². The summed E-state index contributed by atoms with van der Waals surface area (Å²) in [6.45, 7) is 0.970. The molecule has 1 aromatic rings. The van der Waals surface area contributed by atoms with Crippen molar-refractivity contribution in [2.45, 2.75) is 38.0 Å². The molecule has 1 atom stereocenters. The molecule has 1 aromatic carbocycles. The largest absolute Gasteiger partial charge is 0.378 e. The molecule has 2 aliphatic carbocycles. The number of nitrogens with zero attached hydrogens (tertiary/aromatic N) is 2. The van der Waals surface area contributed by atoms with E-state index in [1.54, 1.807) is 0 Å². The van der Waals surface area contributed by atoms with Gasteiger partial charge in [0.25, 0.3) is 0 Å². The minimum Gasteiger partial charge on any atom is -0.378 e. The van der Waals surface area contributed by atoms with Crippen molar-refractivity contribution in [2.24, 2.45) is 5.92 Å². The van der Waals surface area contributed by atoms with E-state index in [9.17, 15) is 0 Å². The fourth-order valence-electron chi connectivity index (χ4n) is 4.19. The van der Waals surface area contributed by atoms with Gasteiger partial charge in [0.05, 0.1) is 0 Å². The van der Waals surface area contributed by atoms with Crippen molar-refractivity contribution in [3.05, 3.63) is 53.1 Å². The van der Waals surface area contributed by atoms with Gasteiger partial charge in [0, 0.05) is 49.4 Å². The van der Waals surface area contributed by atoms with Crippen LogP contribution in [0.2, 0.25) is 0 Å². The molecule has 0 aromatic heterocycles. The smallest absolute Gasteiger partial charge is 0.0420 e. The maximum absolute atomic E-state index is 8.96. The van der Waals surface area contributed by atoms with Crippen LogP contribution in [0, 0.1) is 11.3 Å². The predicted octanol–water partition coefficient (Wildman–Crippen LogP) is 4.84. The first-order chi connectivity index (χ1) is 12.5. The molecule has 1 fully saturated rings. The summed E-state index contributed by atoms with van der Waals surface area (Å²) >= 11 is 0. The number of hydrogen-bond acceptors (Lipinski definition) is 3. The Morgan fingerprint density at radius 3 is 2.46 bits per heavy atom. The van der Waals surface area contributed by atoms with E-state index in [1.165, 1.54) is 48.9 Å². The lowest BCUT2D eigenvalue weighted by atomic mass is 9.80. The molecule has 3 rings (SSSR count). The third-order valence-electron chi connectivity index (χ3n) is 5.63. The number of rotatable bonds is 6. The predicted molar refractivity (Wildman–Crippen MR) is 113 cm³/mol. The highest BCUT2D eigenvalue weighted by Gasteiger charge is 2.24. The second-order valence-corrected chi connectivity index (χ2v) is 8.28. The highest BCUT2D eigenvalue weighted by atomic mass is 15.1. The lowest BCUT2D eigenvalue weighted by molar-refractivity contribution is 0.438. The molecular weight excluding hydrogens is 318 g/mol. The Balaban J connectivity index is 1.93. The number of nitrogens with one attached hydrogen (secondary N) is 1. The van der Waals surface area contributed by atoms with Crippen LogP contribution < -0.4 is 4.90 Å². The molecule has 3 heteroatoms. The van der Waals surface area contributed by atoms with Crippen LogP contribution in [-0.4, -0.2) is 45.3 Å². The molecule has 0 saturated heterocycles. The maximum Gasteiger partial charge on any atom is 0.0420 e. The first-order valence-electron chi connectivity index (χ1n) is 9.89. The summed E-state index contributed by atoms with van der Waals surface area (Å²) in [6.07, 6.45) is 13.1. The van der Waals surface area contributed by atoms with Crippen molar-refractivity contribution in [3.8, 4) is 0 Å². The van der Waals surface area contributed by atoms with Gasteiger partial charge < -0.3 is 15.2 Å². The third-order valence-corrected chi connectivity index (χ3v) is 5.63. The Morgan fingerprint density at radius 2 is 1.81 bits per heavy atom. The Hall–Kier alpha value is -1.87. The van der Waals surface area contributed by atoms with Gasteiger partial charge in [-0.2, -0.15) is 0 Å². The van der Waals surface area contributed by atoms with E-state index < -0.39 is 0 Å². The Morgan fingerprint density at radius 1 is 1.08 bits per heavy atom. The fourth-order valence-corrected chi connectivity index (χ4v) is 4.19. The fraction of sp³-hybridized carbons (Fsp3) is 0.522. The standard InChI is InChI=1S/C23H33N3/c1-25(2)16-17-10-11-19(14-17)21-13-12-20(26(3)4)15-22(21)23(24)18-8-6-5-7-9-18/h10-15,18-19,24H,5-9,16H2,1-4H3. The molecule has 2 aliphatic rings. The lowest BCUT2D eigenvalue weighted by Crippen LogP contribution is -2.20. The molecule has 0 radical (unpaired) electrons. The summed E-state index contributed by atoms with van der Waals surface area (Å²) in [5.74, 6) is 0.718. The molecule has 0 heterocycles. The van der Waals surface area contributed by atoms with E-state index in [4.69, 9.17) is 5.41 Å². The van der Waals surface area contributed by atoms with E-state index >= 15 is 0 Å². The summed E-state index contributed by atoms with van der Waals surface area (Å²) < 4.78 is 0. The van der Waals surface area contributed by atoms with Crippen LogP contribution in [-0.2, 0) is 0 Å². The normalized spacial score (nSPS) is 20.5. The van der Waals surface area contributed by atoms with Crippen LogP contribution in [0.4, 0.5) is 5.69 Å². The summed E-state index contributed by atoms with van der Waals surface area (Å²) in [4.78, 5) is 4.35. The van der Waals surface area contributed by atoms with Crippen LogP contribution in [0.1, 0.15) is 49.1 Å². The first-order valence-corrected chi connectivity index (χ1v) is 9.89. The van der Waals surface area contributed by atoms with Gasteiger partial charge in [-0.3, -0.25) is 0 Å². The summed E-state index contributed by atoms with van der Waals surface area (Å²) in [6, 6.07) is 6.67. The van der Waals surface area contributed by atoms with Gasteiger partial charge in [-0.15, -0.1) is 0 Å². The summed E-state index contributed by atoms with van der Waals surface area (Å²) in [5.41, 5.74) is 5.85. The number of anilines is 1. The van der Waals surface area contributed by atoms with Crippen molar-refractivity contribution < 1.29 is 0 Å². The zero-order valence-corrected chi connectivity index (χ0v) is 16.8. The molecule has 140 valence electrons. The Bertz CT molecular complexity index is 706. The molecule has 1 unspecified atom stereocenters. The Kier molecular flexibility index (Phi) is 5.98. The highest BCUT2D eigenvalue weighted by molar-refractivity contribution is 6.02. The third kappa shape index (κ3) is 4.27. The summed E-state index contributed by atoms with van der Waals surface area (Å²) in [7, 11) is 8.37. The highest BCUT2D eigenvalue weighted by Crippen LogP contribution is 2.35. The van der Waals surface area contributed by atoms with Crippen LogP contribution in [0.3, 0.4) is 0 Å². The number of hydrogen-bond donors (Lipinski definition) is 1. The van der Waals surface area contributed by atoms with E-state index in [-0.39, 0.29) is 0 Å². The van der Waals surface area contributed by atoms with Crippen molar-refractivity contribution >= 4 is 11.4 Å². The molecule has 0 amide bonds. The monoisotopic (exact) mass is 351 g/mol. The SMILES string of the molecule is CN(C)CC1=CC(c2ccc(N(C)C)cc2C(=N)C2CCCCC2)C=C1. The van der Waals surface area contributed by atoms with Gasteiger partial charge in [0.2, 0.25) is 0 Å². The van der Waals surface area contributed by atoms with Gasteiger partial charge in [-0.1, -0.05) is 43.6 Å². The minimum absolute atomic E-state index is 0.292. The Labute approximate surface area is 158 Å². The quantitative estimate of drug-likeness (QED) is 0.743. The minimum atomic E-state index is 0.292. The van der Waals surface area contributed by atoms with Crippen LogP contribution >= 0.6 is 0 Å². The van der Waals surface area contributed by atoms with Gasteiger partial charge in [0.15, 0.2) is 0 Å².